The highest BCUT2D eigenvalue weighted by molar-refractivity contribution is 7.84. The van der Waals surface area contributed by atoms with Gasteiger partial charge in [-0.3, -0.25) is 9.00 Å². The number of rotatable bonds is 10. The number of carbonyl (C=O) groups is 1. The summed E-state index contributed by atoms with van der Waals surface area (Å²) >= 11 is 0. The minimum Gasteiger partial charge on any atom is -0.490 e. The fourth-order valence-corrected chi connectivity index (χ4v) is 2.45. The van der Waals surface area contributed by atoms with E-state index in [-0.39, 0.29) is 5.91 Å². The van der Waals surface area contributed by atoms with Gasteiger partial charge in [-0.05, 0) is 37.6 Å². The van der Waals surface area contributed by atoms with Gasteiger partial charge < -0.3 is 14.8 Å². The number of hydrogen-bond donors (Lipinski definition) is 1. The summed E-state index contributed by atoms with van der Waals surface area (Å²) in [6.07, 6.45) is 3.17. The molecular weight excluding hydrogens is 314 g/mol. The fraction of sp³-hybridized carbons (Fsp3) is 0.471. The molecule has 0 saturated heterocycles. The van der Waals surface area contributed by atoms with Crippen LogP contribution in [0.25, 0.3) is 6.08 Å². The van der Waals surface area contributed by atoms with E-state index in [0.717, 1.165) is 5.56 Å². The SMILES string of the molecule is CCOc1ccc(/C=C/C(=O)NCC[S@@](=O)CC)cc1OCC. The van der Waals surface area contributed by atoms with Gasteiger partial charge in [-0.1, -0.05) is 13.0 Å². The molecule has 1 amide bonds. The lowest BCUT2D eigenvalue weighted by Gasteiger charge is -2.11. The first kappa shape index (κ1) is 19.2. The standard InChI is InChI=1S/C17H25NO4S/c1-4-21-15-9-7-14(13-16(15)22-5-2)8-10-17(19)18-11-12-23(20)6-3/h7-10,13H,4-6,11-12H2,1-3H3,(H,18,19)/b10-8+/t23-/m0/s1. The highest BCUT2D eigenvalue weighted by Gasteiger charge is 2.05. The van der Waals surface area contributed by atoms with Crippen molar-refractivity contribution in [2.45, 2.75) is 20.8 Å². The van der Waals surface area contributed by atoms with Gasteiger partial charge in [0.1, 0.15) is 0 Å². The monoisotopic (exact) mass is 339 g/mol. The van der Waals surface area contributed by atoms with Gasteiger partial charge in [-0.25, -0.2) is 0 Å². The third-order valence-corrected chi connectivity index (χ3v) is 4.25. The van der Waals surface area contributed by atoms with Gasteiger partial charge in [-0.2, -0.15) is 0 Å². The predicted molar refractivity (Wildman–Crippen MR) is 94.4 cm³/mol. The van der Waals surface area contributed by atoms with Crippen molar-refractivity contribution in [3.8, 4) is 11.5 Å². The van der Waals surface area contributed by atoms with E-state index < -0.39 is 10.8 Å². The zero-order valence-corrected chi connectivity index (χ0v) is 14.8. The molecule has 0 unspecified atom stereocenters. The first-order chi connectivity index (χ1) is 11.1. The van der Waals surface area contributed by atoms with Crippen LogP contribution < -0.4 is 14.8 Å². The maximum atomic E-state index is 11.7. The van der Waals surface area contributed by atoms with Crippen molar-refractivity contribution in [2.75, 3.05) is 31.3 Å². The molecule has 0 aliphatic rings. The smallest absolute Gasteiger partial charge is 0.244 e. The van der Waals surface area contributed by atoms with Gasteiger partial charge >= 0.3 is 0 Å². The molecule has 0 aliphatic heterocycles. The van der Waals surface area contributed by atoms with Crippen LogP contribution in [0, 0.1) is 0 Å². The van der Waals surface area contributed by atoms with E-state index in [2.05, 4.69) is 5.32 Å². The Morgan fingerprint density at radius 3 is 2.52 bits per heavy atom. The maximum Gasteiger partial charge on any atom is 0.244 e. The Bertz CT molecular complexity index is 558. The molecule has 128 valence electrons. The summed E-state index contributed by atoms with van der Waals surface area (Å²) in [5, 5.41) is 2.71. The van der Waals surface area contributed by atoms with Crippen molar-refractivity contribution in [1.82, 2.24) is 5.32 Å². The van der Waals surface area contributed by atoms with Crippen LogP contribution in [0.5, 0.6) is 11.5 Å². The minimum absolute atomic E-state index is 0.204. The van der Waals surface area contributed by atoms with Crippen LogP contribution >= 0.6 is 0 Å². The molecular formula is C17H25NO4S. The summed E-state index contributed by atoms with van der Waals surface area (Å²) in [4.78, 5) is 11.7. The summed E-state index contributed by atoms with van der Waals surface area (Å²) in [5.41, 5.74) is 0.851. The second-order valence-electron chi connectivity index (χ2n) is 4.63. The predicted octanol–water partition coefficient (Wildman–Crippen LogP) is 2.38. The summed E-state index contributed by atoms with van der Waals surface area (Å²) in [5.74, 6) is 2.24. The largest absolute Gasteiger partial charge is 0.490 e. The lowest BCUT2D eigenvalue weighted by Crippen LogP contribution is -2.26. The van der Waals surface area contributed by atoms with Crippen LogP contribution in [0.2, 0.25) is 0 Å². The second kappa shape index (κ2) is 10.8. The van der Waals surface area contributed by atoms with Crippen molar-refractivity contribution in [2.24, 2.45) is 0 Å². The Morgan fingerprint density at radius 1 is 1.17 bits per heavy atom. The van der Waals surface area contributed by atoms with Crippen LogP contribution in [0.3, 0.4) is 0 Å². The first-order valence-corrected chi connectivity index (χ1v) is 9.30. The molecule has 1 rings (SSSR count). The zero-order valence-electron chi connectivity index (χ0n) is 14.0. The highest BCUT2D eigenvalue weighted by atomic mass is 32.2. The van der Waals surface area contributed by atoms with Crippen molar-refractivity contribution in [1.29, 1.82) is 0 Å². The van der Waals surface area contributed by atoms with Gasteiger partial charge in [0, 0.05) is 34.9 Å². The van der Waals surface area contributed by atoms with Gasteiger partial charge in [0.25, 0.3) is 0 Å². The number of nitrogens with one attached hydrogen (secondary N) is 1. The molecule has 1 aromatic rings. The number of ether oxygens (including phenoxy) is 2. The van der Waals surface area contributed by atoms with Crippen LogP contribution in [0.4, 0.5) is 0 Å². The topological polar surface area (TPSA) is 64.6 Å². The van der Waals surface area contributed by atoms with Crippen molar-refractivity contribution >= 4 is 22.8 Å². The Morgan fingerprint density at radius 2 is 1.87 bits per heavy atom. The first-order valence-electron chi connectivity index (χ1n) is 7.81. The second-order valence-corrected chi connectivity index (χ2v) is 6.49. The molecule has 0 saturated carbocycles. The summed E-state index contributed by atoms with van der Waals surface area (Å²) in [7, 11) is -0.863. The lowest BCUT2D eigenvalue weighted by molar-refractivity contribution is -0.116. The van der Waals surface area contributed by atoms with Gasteiger partial charge in [-0.15, -0.1) is 0 Å². The van der Waals surface area contributed by atoms with E-state index >= 15 is 0 Å². The Balaban J connectivity index is 2.63. The molecule has 0 heterocycles. The van der Waals surface area contributed by atoms with Crippen LogP contribution in [0.15, 0.2) is 24.3 Å². The number of hydrogen-bond acceptors (Lipinski definition) is 4. The van der Waals surface area contributed by atoms with E-state index in [9.17, 15) is 9.00 Å². The molecule has 1 aromatic carbocycles. The lowest BCUT2D eigenvalue weighted by atomic mass is 10.2. The van der Waals surface area contributed by atoms with E-state index in [1.807, 2.05) is 39.0 Å². The summed E-state index contributed by atoms with van der Waals surface area (Å²) < 4.78 is 22.3. The number of carbonyl (C=O) groups excluding carboxylic acids is 1. The van der Waals surface area contributed by atoms with Crippen LogP contribution in [-0.2, 0) is 15.6 Å². The molecule has 0 radical (unpaired) electrons. The molecule has 0 aliphatic carbocycles. The molecule has 23 heavy (non-hydrogen) atoms. The Hall–Kier alpha value is -1.82. The number of benzene rings is 1. The molecule has 1 N–H and O–H groups in total. The fourth-order valence-electron chi connectivity index (χ4n) is 1.83. The Kier molecular flexibility index (Phi) is 9.05. The van der Waals surface area contributed by atoms with Crippen molar-refractivity contribution in [3.63, 3.8) is 0 Å². The number of amides is 1. The third-order valence-electron chi connectivity index (χ3n) is 2.95. The molecule has 5 nitrogen and oxygen atoms in total. The van der Waals surface area contributed by atoms with E-state index in [1.54, 1.807) is 6.08 Å². The quantitative estimate of drug-likeness (QED) is 0.665. The average molecular weight is 339 g/mol. The van der Waals surface area contributed by atoms with Crippen molar-refractivity contribution in [3.05, 3.63) is 29.8 Å². The normalized spacial score (nSPS) is 12.1. The maximum absolute atomic E-state index is 11.7. The van der Waals surface area contributed by atoms with Gasteiger partial charge in [0.05, 0.1) is 13.2 Å². The van der Waals surface area contributed by atoms with E-state index in [1.165, 1.54) is 6.08 Å². The average Bonchev–Trinajstić information content (AvgIpc) is 2.55. The molecule has 6 heteroatoms. The van der Waals surface area contributed by atoms with E-state index in [4.69, 9.17) is 9.47 Å². The molecule has 0 spiro atoms. The summed E-state index contributed by atoms with van der Waals surface area (Å²) in [6.45, 7) is 7.21. The Labute approximate surface area is 140 Å². The molecule has 0 bridgehead atoms. The molecule has 0 aromatic heterocycles. The van der Waals surface area contributed by atoms with Crippen LogP contribution in [-0.4, -0.2) is 41.4 Å². The highest BCUT2D eigenvalue weighted by Crippen LogP contribution is 2.28. The van der Waals surface area contributed by atoms with Gasteiger partial charge in [0.2, 0.25) is 5.91 Å². The molecule has 0 fully saturated rings. The minimum atomic E-state index is -0.863. The third kappa shape index (κ3) is 7.32. The summed E-state index contributed by atoms with van der Waals surface area (Å²) in [6, 6.07) is 5.53. The van der Waals surface area contributed by atoms with Gasteiger partial charge in [0.15, 0.2) is 11.5 Å². The van der Waals surface area contributed by atoms with Crippen molar-refractivity contribution < 1.29 is 18.5 Å². The molecule has 1 atom stereocenters. The van der Waals surface area contributed by atoms with E-state index in [0.29, 0.717) is 42.8 Å². The van der Waals surface area contributed by atoms with Crippen LogP contribution in [0.1, 0.15) is 26.3 Å². The zero-order chi connectivity index (χ0) is 17.1.